The Hall–Kier alpha value is -4.76. The van der Waals surface area contributed by atoms with Crippen molar-refractivity contribution in [3.05, 3.63) is 95.4 Å². The van der Waals surface area contributed by atoms with E-state index in [9.17, 15) is 0 Å². The molecule has 8 nitrogen and oxygen atoms in total. The average Bonchev–Trinajstić information content (AvgIpc) is 3.34. The van der Waals surface area contributed by atoms with Crippen LogP contribution in [0.2, 0.25) is 0 Å². The SMILES string of the molecule is Cc1cc(-c2csc(N)n2)cc(C)c1Oc1ccccc1NC(N)=Nc1ccc(-c2ccccc2)nn1. The number of guanidine groups is 1. The molecule has 0 amide bonds. The van der Waals surface area contributed by atoms with Crippen molar-refractivity contribution in [1.82, 2.24) is 15.2 Å². The number of aliphatic imine (C=N–C) groups is 1. The molecular formula is C28H25N7OS. The molecule has 0 spiro atoms. The van der Waals surface area contributed by atoms with Crippen molar-refractivity contribution in [1.29, 1.82) is 0 Å². The van der Waals surface area contributed by atoms with Crippen molar-refractivity contribution in [2.75, 3.05) is 11.1 Å². The van der Waals surface area contributed by atoms with Gasteiger partial charge in [-0.15, -0.1) is 21.5 Å². The Morgan fingerprint density at radius 3 is 2.27 bits per heavy atom. The van der Waals surface area contributed by atoms with Crippen LogP contribution < -0.4 is 21.5 Å². The van der Waals surface area contributed by atoms with Gasteiger partial charge in [-0.25, -0.2) is 4.98 Å². The predicted molar refractivity (Wildman–Crippen MR) is 150 cm³/mol. The quantitative estimate of drug-likeness (QED) is 0.181. The van der Waals surface area contributed by atoms with E-state index >= 15 is 0 Å². The molecule has 0 fully saturated rings. The van der Waals surface area contributed by atoms with Crippen LogP contribution in [0, 0.1) is 13.8 Å². The lowest BCUT2D eigenvalue weighted by molar-refractivity contribution is 0.477. The topological polar surface area (TPSA) is 124 Å². The Kier molecular flexibility index (Phi) is 6.78. The van der Waals surface area contributed by atoms with Gasteiger partial charge in [0.15, 0.2) is 22.7 Å². The number of nitrogens with one attached hydrogen (secondary N) is 1. The molecule has 0 radical (unpaired) electrons. The molecule has 9 heteroatoms. The number of nitrogens with two attached hydrogens (primary N) is 2. The Morgan fingerprint density at radius 1 is 0.865 bits per heavy atom. The van der Waals surface area contributed by atoms with Crippen molar-refractivity contribution < 1.29 is 4.74 Å². The number of aryl methyl sites for hydroxylation is 2. The highest BCUT2D eigenvalue weighted by Crippen LogP contribution is 2.36. The van der Waals surface area contributed by atoms with Crippen LogP contribution in [-0.4, -0.2) is 21.1 Å². The van der Waals surface area contributed by atoms with Gasteiger partial charge in [0.1, 0.15) is 5.75 Å². The Balaban J connectivity index is 1.34. The van der Waals surface area contributed by atoms with Gasteiger partial charge in [-0.1, -0.05) is 42.5 Å². The van der Waals surface area contributed by atoms with Crippen LogP contribution in [-0.2, 0) is 0 Å². The van der Waals surface area contributed by atoms with Crippen LogP contribution in [0.4, 0.5) is 16.6 Å². The van der Waals surface area contributed by atoms with Gasteiger partial charge in [0, 0.05) is 16.5 Å². The van der Waals surface area contributed by atoms with Gasteiger partial charge in [0.05, 0.1) is 17.1 Å². The standard InChI is InChI=1S/C28H25N7OS/c1-17-14-20(23-16-37-28(30)32-23)15-18(2)26(17)36-24-11-7-6-10-22(24)31-27(29)33-25-13-12-21(34-35-25)19-8-4-3-5-9-19/h3-16H,1-2H3,(H2,30,32)(H3,29,31,33,35). The molecule has 0 saturated heterocycles. The summed E-state index contributed by atoms with van der Waals surface area (Å²) in [4.78, 5) is 8.74. The third kappa shape index (κ3) is 5.57. The van der Waals surface area contributed by atoms with Crippen molar-refractivity contribution in [3.8, 4) is 34.0 Å². The summed E-state index contributed by atoms with van der Waals surface area (Å²) in [6, 6.07) is 25.1. The fraction of sp³-hybridized carbons (Fsp3) is 0.0714. The Bertz CT molecular complexity index is 1540. The van der Waals surface area contributed by atoms with Gasteiger partial charge in [-0.3, -0.25) is 0 Å². The van der Waals surface area contributed by atoms with E-state index in [0.29, 0.717) is 22.4 Å². The average molecular weight is 508 g/mol. The normalized spacial score (nSPS) is 11.4. The zero-order chi connectivity index (χ0) is 25.8. The van der Waals surface area contributed by atoms with Crippen LogP contribution in [0.25, 0.3) is 22.5 Å². The summed E-state index contributed by atoms with van der Waals surface area (Å²) < 4.78 is 6.34. The number of hydrogen-bond acceptors (Lipinski definition) is 7. The molecule has 184 valence electrons. The fourth-order valence-electron chi connectivity index (χ4n) is 3.89. The minimum atomic E-state index is 0.169. The molecule has 0 saturated carbocycles. The number of benzene rings is 3. The summed E-state index contributed by atoms with van der Waals surface area (Å²) in [6.07, 6.45) is 0. The van der Waals surface area contributed by atoms with Crippen molar-refractivity contribution in [2.24, 2.45) is 10.7 Å². The first-order chi connectivity index (χ1) is 18.0. The lowest BCUT2D eigenvalue weighted by Gasteiger charge is -2.16. The molecule has 0 atom stereocenters. The monoisotopic (exact) mass is 507 g/mol. The molecule has 3 aromatic carbocycles. The fourth-order valence-corrected chi connectivity index (χ4v) is 4.46. The molecule has 0 aliphatic carbocycles. The summed E-state index contributed by atoms with van der Waals surface area (Å²) in [5.74, 6) is 1.94. The second-order valence-electron chi connectivity index (χ2n) is 8.37. The van der Waals surface area contributed by atoms with Gasteiger partial charge >= 0.3 is 0 Å². The van der Waals surface area contributed by atoms with Crippen LogP contribution >= 0.6 is 11.3 Å². The first-order valence-corrected chi connectivity index (χ1v) is 12.4. The molecular weight excluding hydrogens is 482 g/mol. The molecule has 2 heterocycles. The maximum Gasteiger partial charge on any atom is 0.200 e. The van der Waals surface area contributed by atoms with Crippen LogP contribution in [0.1, 0.15) is 11.1 Å². The third-order valence-corrected chi connectivity index (χ3v) is 6.27. The number of nitrogen functional groups attached to an aromatic ring is 1. The Labute approximate surface area is 218 Å². The highest BCUT2D eigenvalue weighted by atomic mass is 32.1. The smallest absolute Gasteiger partial charge is 0.200 e. The number of ether oxygens (including phenoxy) is 1. The van der Waals surface area contributed by atoms with Gasteiger partial charge in [-0.2, -0.15) is 4.99 Å². The largest absolute Gasteiger partial charge is 0.455 e. The second-order valence-corrected chi connectivity index (χ2v) is 9.26. The highest BCUT2D eigenvalue weighted by molar-refractivity contribution is 7.13. The predicted octanol–water partition coefficient (Wildman–Crippen LogP) is 6.32. The zero-order valence-electron chi connectivity index (χ0n) is 20.3. The van der Waals surface area contributed by atoms with Crippen LogP contribution in [0.15, 0.2) is 89.2 Å². The van der Waals surface area contributed by atoms with Gasteiger partial charge in [0.2, 0.25) is 0 Å². The minimum absolute atomic E-state index is 0.169. The van der Waals surface area contributed by atoms with E-state index in [4.69, 9.17) is 16.2 Å². The number of thiazole rings is 1. The van der Waals surface area contributed by atoms with Crippen LogP contribution in [0.3, 0.4) is 0 Å². The molecule has 5 N–H and O–H groups in total. The summed E-state index contributed by atoms with van der Waals surface area (Å²) in [6.45, 7) is 4.01. The van der Waals surface area contributed by atoms with Gasteiger partial charge in [-0.05, 0) is 61.4 Å². The molecule has 5 rings (SSSR count). The summed E-state index contributed by atoms with van der Waals surface area (Å²) >= 11 is 1.42. The second kappa shape index (κ2) is 10.5. The molecule has 2 aromatic heterocycles. The number of anilines is 2. The molecule has 5 aromatic rings. The van der Waals surface area contributed by atoms with Gasteiger partial charge < -0.3 is 21.5 Å². The number of hydrogen-bond donors (Lipinski definition) is 3. The first kappa shape index (κ1) is 24.0. The van der Waals surface area contributed by atoms with Crippen molar-refractivity contribution in [2.45, 2.75) is 13.8 Å². The van der Waals surface area contributed by atoms with Gasteiger partial charge in [0.25, 0.3) is 0 Å². The van der Waals surface area contributed by atoms with E-state index in [1.54, 1.807) is 6.07 Å². The number of para-hydroxylation sites is 2. The molecule has 0 aliphatic heterocycles. The molecule has 0 unspecified atom stereocenters. The van der Waals surface area contributed by atoms with E-state index in [1.165, 1.54) is 11.3 Å². The maximum atomic E-state index is 6.34. The summed E-state index contributed by atoms with van der Waals surface area (Å²) in [7, 11) is 0. The molecule has 37 heavy (non-hydrogen) atoms. The van der Waals surface area contributed by atoms with Crippen molar-refractivity contribution in [3.63, 3.8) is 0 Å². The van der Waals surface area contributed by atoms with E-state index in [1.807, 2.05) is 92.0 Å². The molecule has 0 aliphatic rings. The number of nitrogens with zero attached hydrogens (tertiary/aromatic N) is 4. The summed E-state index contributed by atoms with van der Waals surface area (Å²) in [5, 5.41) is 14.1. The Morgan fingerprint density at radius 2 is 1.59 bits per heavy atom. The molecule has 0 bridgehead atoms. The third-order valence-electron chi connectivity index (χ3n) is 5.59. The lowest BCUT2D eigenvalue weighted by atomic mass is 10.0. The zero-order valence-corrected chi connectivity index (χ0v) is 21.2. The lowest BCUT2D eigenvalue weighted by Crippen LogP contribution is -2.22. The van der Waals surface area contributed by atoms with E-state index in [2.05, 4.69) is 25.5 Å². The first-order valence-electron chi connectivity index (χ1n) is 11.6. The number of aromatic nitrogens is 3. The maximum absolute atomic E-state index is 6.34. The van der Waals surface area contributed by atoms with E-state index in [0.717, 1.165) is 39.4 Å². The summed E-state index contributed by atoms with van der Waals surface area (Å²) in [5.41, 5.74) is 18.2. The van der Waals surface area contributed by atoms with Crippen LogP contribution in [0.5, 0.6) is 11.5 Å². The number of rotatable bonds is 6. The highest BCUT2D eigenvalue weighted by Gasteiger charge is 2.13. The van der Waals surface area contributed by atoms with Crippen molar-refractivity contribution >= 4 is 33.9 Å². The van der Waals surface area contributed by atoms with E-state index in [-0.39, 0.29) is 5.96 Å². The van der Waals surface area contributed by atoms with E-state index < -0.39 is 0 Å². The minimum Gasteiger partial charge on any atom is -0.455 e.